The lowest BCUT2D eigenvalue weighted by Crippen LogP contribution is -2.32. The van der Waals surface area contributed by atoms with Crippen molar-refractivity contribution in [1.29, 1.82) is 0 Å². The lowest BCUT2D eigenvalue weighted by Gasteiger charge is -2.30. The van der Waals surface area contributed by atoms with Crippen LogP contribution in [-0.2, 0) is 28.6 Å². The first-order valence-corrected chi connectivity index (χ1v) is 12.2. The third-order valence-corrected chi connectivity index (χ3v) is 5.95. The molecule has 3 N–H and O–H groups in total. The number of esters is 3. The standard InChI is InChI=1S/C29H31N3O7/c1-6-39-29(36)24-18(3)31-17(2)23(28(35)38-5)25(24)20-13-10-14-21(15-20)30-16-22(27(34)37-4)32-26(33)19-11-8-7-9-12-19/h7-16,25,30-31H,6H2,1-5H3,(H,32,33)/b22-16+. The first-order chi connectivity index (χ1) is 18.7. The maximum absolute atomic E-state index is 13.0. The number of nitrogens with one attached hydrogen (secondary N) is 3. The third kappa shape index (κ3) is 6.72. The Bertz CT molecular complexity index is 1360. The van der Waals surface area contributed by atoms with Crippen molar-refractivity contribution in [3.63, 3.8) is 0 Å². The van der Waals surface area contributed by atoms with E-state index in [9.17, 15) is 19.2 Å². The highest BCUT2D eigenvalue weighted by molar-refractivity contribution is 6.01. The van der Waals surface area contributed by atoms with Crippen LogP contribution in [0.15, 0.2) is 89.0 Å². The molecule has 204 valence electrons. The molecular weight excluding hydrogens is 502 g/mol. The zero-order valence-electron chi connectivity index (χ0n) is 22.4. The summed E-state index contributed by atoms with van der Waals surface area (Å²) in [6, 6.07) is 15.4. The molecule has 0 saturated heterocycles. The molecule has 0 aliphatic carbocycles. The van der Waals surface area contributed by atoms with Crippen LogP contribution in [0.3, 0.4) is 0 Å². The molecule has 1 aliphatic rings. The zero-order valence-corrected chi connectivity index (χ0v) is 22.4. The van der Waals surface area contributed by atoms with Gasteiger partial charge in [0.1, 0.15) is 5.70 Å². The number of carbonyl (C=O) groups is 4. The molecule has 1 unspecified atom stereocenters. The Hall–Kier alpha value is -4.86. The van der Waals surface area contributed by atoms with Crippen LogP contribution < -0.4 is 16.0 Å². The maximum Gasteiger partial charge on any atom is 0.356 e. The second kappa shape index (κ2) is 13.1. The number of benzene rings is 2. The molecule has 0 bridgehead atoms. The van der Waals surface area contributed by atoms with Gasteiger partial charge in [0, 0.05) is 28.8 Å². The van der Waals surface area contributed by atoms with Crippen LogP contribution in [0, 0.1) is 0 Å². The Morgan fingerprint density at radius 2 is 1.56 bits per heavy atom. The fraction of sp³-hybridized carbons (Fsp3) is 0.241. The molecule has 1 atom stereocenters. The van der Waals surface area contributed by atoms with Crippen LogP contribution in [0.4, 0.5) is 5.69 Å². The molecule has 0 aromatic heterocycles. The van der Waals surface area contributed by atoms with Crippen LogP contribution >= 0.6 is 0 Å². The minimum atomic E-state index is -0.777. The number of dihydropyridines is 1. The minimum Gasteiger partial charge on any atom is -0.466 e. The number of amides is 1. The quantitative estimate of drug-likeness (QED) is 0.252. The van der Waals surface area contributed by atoms with E-state index >= 15 is 0 Å². The van der Waals surface area contributed by atoms with Crippen molar-refractivity contribution in [2.24, 2.45) is 0 Å². The van der Waals surface area contributed by atoms with Gasteiger partial charge in [-0.05, 0) is 50.6 Å². The summed E-state index contributed by atoms with van der Waals surface area (Å²) in [5.41, 5.74) is 3.02. The average molecular weight is 534 g/mol. The van der Waals surface area contributed by atoms with Gasteiger partial charge in [0.2, 0.25) is 0 Å². The van der Waals surface area contributed by atoms with E-state index in [4.69, 9.17) is 14.2 Å². The summed E-state index contributed by atoms with van der Waals surface area (Å²) in [5.74, 6) is -3.16. The van der Waals surface area contributed by atoms with Gasteiger partial charge in [-0.15, -0.1) is 0 Å². The molecule has 39 heavy (non-hydrogen) atoms. The van der Waals surface area contributed by atoms with Gasteiger partial charge in [0.25, 0.3) is 5.91 Å². The van der Waals surface area contributed by atoms with Gasteiger partial charge >= 0.3 is 17.9 Å². The number of ether oxygens (including phenoxy) is 3. The fourth-order valence-electron chi connectivity index (χ4n) is 4.19. The summed E-state index contributed by atoms with van der Waals surface area (Å²) in [7, 11) is 2.48. The average Bonchev–Trinajstić information content (AvgIpc) is 2.94. The van der Waals surface area contributed by atoms with E-state index in [1.165, 1.54) is 20.4 Å². The number of rotatable bonds is 9. The van der Waals surface area contributed by atoms with Crippen molar-refractivity contribution in [3.8, 4) is 0 Å². The van der Waals surface area contributed by atoms with Gasteiger partial charge in [-0.25, -0.2) is 14.4 Å². The summed E-state index contributed by atoms with van der Waals surface area (Å²) in [4.78, 5) is 50.7. The number of anilines is 1. The first kappa shape index (κ1) is 28.7. The largest absolute Gasteiger partial charge is 0.466 e. The predicted octanol–water partition coefficient (Wildman–Crippen LogP) is 3.51. The molecular formula is C29H31N3O7. The summed E-state index contributed by atoms with van der Waals surface area (Å²) in [5, 5.41) is 8.62. The Labute approximate surface area is 226 Å². The summed E-state index contributed by atoms with van der Waals surface area (Å²) in [6.07, 6.45) is 1.31. The van der Waals surface area contributed by atoms with E-state index in [-0.39, 0.29) is 23.5 Å². The van der Waals surface area contributed by atoms with E-state index in [0.717, 1.165) is 0 Å². The lowest BCUT2D eigenvalue weighted by atomic mass is 9.80. The SMILES string of the molecule is CCOC(=O)C1=C(C)NC(C)=C(C(=O)OC)C1c1cccc(N/C=C(/NC(=O)c2ccccc2)C(=O)OC)c1. The molecule has 1 heterocycles. The monoisotopic (exact) mass is 533 g/mol. The Balaban J connectivity index is 1.99. The fourth-order valence-corrected chi connectivity index (χ4v) is 4.19. The second-order valence-corrected chi connectivity index (χ2v) is 8.49. The van der Waals surface area contributed by atoms with E-state index in [2.05, 4.69) is 16.0 Å². The molecule has 0 saturated carbocycles. The molecule has 1 aliphatic heterocycles. The van der Waals surface area contributed by atoms with Crippen molar-refractivity contribution < 1.29 is 33.4 Å². The van der Waals surface area contributed by atoms with Gasteiger partial charge < -0.3 is 30.2 Å². The number of hydrogen-bond donors (Lipinski definition) is 3. The van der Waals surface area contributed by atoms with Gasteiger partial charge in [0.15, 0.2) is 0 Å². The van der Waals surface area contributed by atoms with Crippen LogP contribution in [0.25, 0.3) is 0 Å². The lowest BCUT2D eigenvalue weighted by molar-refractivity contribution is -0.139. The highest BCUT2D eigenvalue weighted by Crippen LogP contribution is 2.39. The van der Waals surface area contributed by atoms with E-state index in [0.29, 0.717) is 28.2 Å². The second-order valence-electron chi connectivity index (χ2n) is 8.49. The van der Waals surface area contributed by atoms with Crippen molar-refractivity contribution in [2.45, 2.75) is 26.7 Å². The summed E-state index contributed by atoms with van der Waals surface area (Å²) < 4.78 is 15.1. The Kier molecular flexibility index (Phi) is 9.63. The summed E-state index contributed by atoms with van der Waals surface area (Å²) >= 11 is 0. The Morgan fingerprint density at radius 3 is 2.18 bits per heavy atom. The van der Waals surface area contributed by atoms with Crippen LogP contribution in [-0.4, -0.2) is 44.6 Å². The number of hydrogen-bond acceptors (Lipinski definition) is 9. The molecule has 2 aromatic rings. The number of carbonyl (C=O) groups excluding carboxylic acids is 4. The molecule has 0 spiro atoms. The smallest absolute Gasteiger partial charge is 0.356 e. The molecule has 2 aromatic carbocycles. The molecule has 10 nitrogen and oxygen atoms in total. The zero-order chi connectivity index (χ0) is 28.5. The van der Waals surface area contributed by atoms with Crippen molar-refractivity contribution in [1.82, 2.24) is 10.6 Å². The highest BCUT2D eigenvalue weighted by atomic mass is 16.5. The highest BCUT2D eigenvalue weighted by Gasteiger charge is 2.37. The predicted molar refractivity (Wildman–Crippen MR) is 144 cm³/mol. The molecule has 3 rings (SSSR count). The summed E-state index contributed by atoms with van der Waals surface area (Å²) in [6.45, 7) is 5.33. The van der Waals surface area contributed by atoms with Crippen LogP contribution in [0.1, 0.15) is 42.6 Å². The normalized spacial score (nSPS) is 15.2. The van der Waals surface area contributed by atoms with Crippen molar-refractivity contribution in [3.05, 3.63) is 100 Å². The van der Waals surface area contributed by atoms with E-state index < -0.39 is 29.7 Å². The maximum atomic E-state index is 13.0. The molecule has 0 fully saturated rings. The number of allylic oxidation sites excluding steroid dienone is 2. The molecule has 10 heteroatoms. The van der Waals surface area contributed by atoms with Gasteiger partial charge in [-0.2, -0.15) is 0 Å². The van der Waals surface area contributed by atoms with E-state index in [1.807, 2.05) is 0 Å². The topological polar surface area (TPSA) is 132 Å². The minimum absolute atomic E-state index is 0.118. The Morgan fingerprint density at radius 1 is 0.897 bits per heavy atom. The van der Waals surface area contributed by atoms with Gasteiger partial charge in [-0.3, -0.25) is 4.79 Å². The van der Waals surface area contributed by atoms with Crippen LogP contribution in [0.2, 0.25) is 0 Å². The molecule has 0 radical (unpaired) electrons. The van der Waals surface area contributed by atoms with E-state index in [1.54, 1.807) is 75.4 Å². The van der Waals surface area contributed by atoms with Crippen molar-refractivity contribution in [2.75, 3.05) is 26.1 Å². The number of methoxy groups -OCH3 is 2. The first-order valence-electron chi connectivity index (χ1n) is 12.2. The van der Waals surface area contributed by atoms with Crippen LogP contribution in [0.5, 0.6) is 0 Å². The van der Waals surface area contributed by atoms with Gasteiger partial charge in [-0.1, -0.05) is 30.3 Å². The third-order valence-electron chi connectivity index (χ3n) is 5.95. The molecule has 1 amide bonds. The van der Waals surface area contributed by atoms with Gasteiger partial charge in [0.05, 0.1) is 37.9 Å². The van der Waals surface area contributed by atoms with Crippen molar-refractivity contribution >= 4 is 29.5 Å².